The van der Waals surface area contributed by atoms with Crippen molar-refractivity contribution in [3.8, 4) is 0 Å². The van der Waals surface area contributed by atoms with Crippen LogP contribution in [0.1, 0.15) is 18.1 Å². The standard InChI is InChI=1S/C21H24N2O6/c1-15(24)19(23-21(27)29-14-17-10-6-3-7-11-17)20(26)22-12-18(25)28-13-16-8-4-2-5-9-16/h2-11,15,19,24H,12-14H2,1H3,(H,22,26)(H,23,27)/t15-,19+/m0/s1. The van der Waals surface area contributed by atoms with Gasteiger partial charge in [0.1, 0.15) is 25.8 Å². The Labute approximate surface area is 168 Å². The summed E-state index contributed by atoms with van der Waals surface area (Å²) in [5, 5.41) is 14.4. The van der Waals surface area contributed by atoms with Crippen LogP contribution in [0.15, 0.2) is 60.7 Å². The first-order chi connectivity index (χ1) is 14.0. The van der Waals surface area contributed by atoms with E-state index in [4.69, 9.17) is 9.47 Å². The van der Waals surface area contributed by atoms with E-state index >= 15 is 0 Å². The van der Waals surface area contributed by atoms with E-state index in [2.05, 4.69) is 10.6 Å². The van der Waals surface area contributed by atoms with Gasteiger partial charge in [-0.1, -0.05) is 60.7 Å². The third kappa shape index (κ3) is 8.02. The van der Waals surface area contributed by atoms with Crippen molar-refractivity contribution in [2.75, 3.05) is 6.54 Å². The number of nitrogens with one attached hydrogen (secondary N) is 2. The van der Waals surface area contributed by atoms with Crippen molar-refractivity contribution in [3.63, 3.8) is 0 Å². The van der Waals surface area contributed by atoms with Gasteiger partial charge in [-0.05, 0) is 18.1 Å². The Kier molecular flexibility index (Phi) is 8.65. The lowest BCUT2D eigenvalue weighted by Crippen LogP contribution is -2.53. The summed E-state index contributed by atoms with van der Waals surface area (Å²) in [7, 11) is 0. The highest BCUT2D eigenvalue weighted by Crippen LogP contribution is 2.02. The molecule has 0 saturated carbocycles. The first-order valence-electron chi connectivity index (χ1n) is 9.08. The van der Waals surface area contributed by atoms with Crippen LogP contribution in [0.5, 0.6) is 0 Å². The van der Waals surface area contributed by atoms with E-state index in [1.54, 1.807) is 36.4 Å². The smallest absolute Gasteiger partial charge is 0.408 e. The molecule has 29 heavy (non-hydrogen) atoms. The predicted octanol–water partition coefficient (Wildman–Crippen LogP) is 1.52. The molecule has 0 fully saturated rings. The van der Waals surface area contributed by atoms with Crippen LogP contribution in [-0.2, 0) is 32.3 Å². The van der Waals surface area contributed by atoms with Crippen LogP contribution in [0.2, 0.25) is 0 Å². The molecular formula is C21H24N2O6. The third-order valence-electron chi connectivity index (χ3n) is 3.90. The highest BCUT2D eigenvalue weighted by atomic mass is 16.5. The number of aliphatic hydroxyl groups is 1. The Balaban J connectivity index is 1.76. The summed E-state index contributed by atoms with van der Waals surface area (Å²) in [6.45, 7) is 1.05. The van der Waals surface area contributed by atoms with Gasteiger partial charge in [0.2, 0.25) is 5.91 Å². The molecule has 0 saturated heterocycles. The monoisotopic (exact) mass is 400 g/mol. The molecule has 0 bridgehead atoms. The molecule has 0 heterocycles. The number of alkyl carbamates (subject to hydrolysis) is 1. The fourth-order valence-corrected chi connectivity index (χ4v) is 2.36. The predicted molar refractivity (Wildman–Crippen MR) is 104 cm³/mol. The first-order valence-corrected chi connectivity index (χ1v) is 9.08. The second kappa shape index (κ2) is 11.5. The molecule has 2 rings (SSSR count). The van der Waals surface area contributed by atoms with E-state index in [9.17, 15) is 19.5 Å². The van der Waals surface area contributed by atoms with Gasteiger partial charge in [-0.15, -0.1) is 0 Å². The SMILES string of the molecule is C[C@H](O)[C@@H](NC(=O)OCc1ccccc1)C(=O)NCC(=O)OCc1ccccc1. The van der Waals surface area contributed by atoms with Crippen molar-refractivity contribution in [1.29, 1.82) is 0 Å². The van der Waals surface area contributed by atoms with E-state index in [1.165, 1.54) is 6.92 Å². The maximum atomic E-state index is 12.2. The Hall–Kier alpha value is -3.39. The summed E-state index contributed by atoms with van der Waals surface area (Å²) in [5.74, 6) is -1.37. The van der Waals surface area contributed by atoms with Crippen molar-refractivity contribution >= 4 is 18.0 Å². The van der Waals surface area contributed by atoms with E-state index < -0.39 is 36.7 Å². The largest absolute Gasteiger partial charge is 0.460 e. The zero-order valence-corrected chi connectivity index (χ0v) is 16.0. The molecule has 8 heteroatoms. The molecule has 2 atom stereocenters. The van der Waals surface area contributed by atoms with Gasteiger partial charge in [0.15, 0.2) is 0 Å². The number of ether oxygens (including phenoxy) is 2. The second-order valence-corrected chi connectivity index (χ2v) is 6.29. The van der Waals surface area contributed by atoms with Gasteiger partial charge >= 0.3 is 12.1 Å². The van der Waals surface area contributed by atoms with Crippen LogP contribution in [0.4, 0.5) is 4.79 Å². The molecule has 0 unspecified atom stereocenters. The molecule has 2 amide bonds. The molecule has 2 aromatic rings. The summed E-state index contributed by atoms with van der Waals surface area (Å²) >= 11 is 0. The van der Waals surface area contributed by atoms with E-state index in [-0.39, 0.29) is 13.2 Å². The van der Waals surface area contributed by atoms with Gasteiger partial charge in [0.25, 0.3) is 0 Å². The minimum atomic E-state index is -1.28. The second-order valence-electron chi connectivity index (χ2n) is 6.29. The van der Waals surface area contributed by atoms with Crippen LogP contribution in [0, 0.1) is 0 Å². The summed E-state index contributed by atoms with van der Waals surface area (Å²) in [6, 6.07) is 16.8. The number of amides is 2. The number of hydrogen-bond donors (Lipinski definition) is 3. The van der Waals surface area contributed by atoms with Gasteiger partial charge in [-0.3, -0.25) is 9.59 Å². The molecule has 3 N–H and O–H groups in total. The summed E-state index contributed by atoms with van der Waals surface area (Å²) in [4.78, 5) is 35.9. The maximum absolute atomic E-state index is 12.2. The van der Waals surface area contributed by atoms with E-state index in [1.807, 2.05) is 24.3 Å². The van der Waals surface area contributed by atoms with Gasteiger partial charge in [-0.25, -0.2) is 4.79 Å². The lowest BCUT2D eigenvalue weighted by molar-refractivity contribution is -0.145. The number of carbonyl (C=O) groups is 3. The summed E-state index contributed by atoms with van der Waals surface area (Å²) < 4.78 is 10.1. The number of aliphatic hydroxyl groups excluding tert-OH is 1. The Bertz CT molecular complexity index is 795. The van der Waals surface area contributed by atoms with Crippen LogP contribution < -0.4 is 10.6 Å². The van der Waals surface area contributed by atoms with E-state index in [0.29, 0.717) is 0 Å². The first kappa shape index (κ1) is 21.9. The van der Waals surface area contributed by atoms with Crippen LogP contribution in [-0.4, -0.2) is 41.8 Å². The van der Waals surface area contributed by atoms with Crippen molar-refractivity contribution in [1.82, 2.24) is 10.6 Å². The zero-order valence-electron chi connectivity index (χ0n) is 16.0. The van der Waals surface area contributed by atoms with Crippen molar-refractivity contribution in [3.05, 3.63) is 71.8 Å². The van der Waals surface area contributed by atoms with E-state index in [0.717, 1.165) is 11.1 Å². The molecule has 154 valence electrons. The fraction of sp³-hybridized carbons (Fsp3) is 0.286. The Morgan fingerprint density at radius 2 is 1.41 bits per heavy atom. The Morgan fingerprint density at radius 1 is 0.897 bits per heavy atom. The molecule has 0 spiro atoms. The molecule has 0 radical (unpaired) electrons. The van der Waals surface area contributed by atoms with Gasteiger partial charge in [0.05, 0.1) is 6.10 Å². The number of esters is 1. The molecule has 0 aliphatic heterocycles. The average Bonchev–Trinajstić information content (AvgIpc) is 2.74. The number of rotatable bonds is 9. The maximum Gasteiger partial charge on any atom is 0.408 e. The van der Waals surface area contributed by atoms with Crippen molar-refractivity contribution in [2.24, 2.45) is 0 Å². The topological polar surface area (TPSA) is 114 Å². The molecule has 2 aromatic carbocycles. The molecule has 0 aliphatic carbocycles. The third-order valence-corrected chi connectivity index (χ3v) is 3.90. The van der Waals surface area contributed by atoms with Crippen molar-refractivity contribution in [2.45, 2.75) is 32.3 Å². The van der Waals surface area contributed by atoms with Crippen LogP contribution >= 0.6 is 0 Å². The van der Waals surface area contributed by atoms with Crippen molar-refractivity contribution < 1.29 is 29.0 Å². The highest BCUT2D eigenvalue weighted by molar-refractivity contribution is 5.88. The van der Waals surface area contributed by atoms with Gasteiger partial charge in [-0.2, -0.15) is 0 Å². The molecule has 0 aromatic heterocycles. The lowest BCUT2D eigenvalue weighted by atomic mass is 10.1. The quantitative estimate of drug-likeness (QED) is 0.550. The minimum absolute atomic E-state index is 0.0205. The van der Waals surface area contributed by atoms with Gasteiger partial charge < -0.3 is 25.2 Å². The Morgan fingerprint density at radius 3 is 1.93 bits per heavy atom. The molecule has 0 aliphatic rings. The average molecular weight is 400 g/mol. The van der Waals surface area contributed by atoms with Crippen LogP contribution in [0.3, 0.4) is 0 Å². The number of carbonyl (C=O) groups excluding carboxylic acids is 3. The molecule has 8 nitrogen and oxygen atoms in total. The number of benzene rings is 2. The zero-order chi connectivity index (χ0) is 21.1. The summed E-state index contributed by atoms with van der Waals surface area (Å²) in [6.07, 6.45) is -2.05. The normalized spacial score (nSPS) is 12.3. The fourth-order valence-electron chi connectivity index (χ4n) is 2.36. The lowest BCUT2D eigenvalue weighted by Gasteiger charge is -2.20. The van der Waals surface area contributed by atoms with Crippen LogP contribution in [0.25, 0.3) is 0 Å². The number of hydrogen-bond acceptors (Lipinski definition) is 6. The summed E-state index contributed by atoms with van der Waals surface area (Å²) in [5.41, 5.74) is 1.60. The highest BCUT2D eigenvalue weighted by Gasteiger charge is 2.26. The minimum Gasteiger partial charge on any atom is -0.460 e. The molecular weight excluding hydrogens is 376 g/mol. The van der Waals surface area contributed by atoms with Gasteiger partial charge in [0, 0.05) is 0 Å².